The molecule has 5 rings (SSSR count). The van der Waals surface area contributed by atoms with Gasteiger partial charge in [-0.2, -0.15) is 4.37 Å². The Morgan fingerprint density at radius 1 is 1.21 bits per heavy atom. The van der Waals surface area contributed by atoms with Crippen molar-refractivity contribution < 1.29 is 5.11 Å². The van der Waals surface area contributed by atoms with Gasteiger partial charge in [-0.15, -0.1) is 0 Å². The van der Waals surface area contributed by atoms with Crippen LogP contribution >= 0.6 is 23.1 Å². The highest BCUT2D eigenvalue weighted by atomic mass is 35.5. The van der Waals surface area contributed by atoms with Crippen LogP contribution in [-0.2, 0) is 12.8 Å². The average Bonchev–Trinajstić information content (AvgIpc) is 3.25. The number of benzene rings is 2. The molecule has 0 saturated carbocycles. The van der Waals surface area contributed by atoms with Crippen LogP contribution in [0.5, 0.6) is 0 Å². The largest absolute Gasteiger partial charge is 0.371 e. The number of aromatic nitrogens is 1. The van der Waals surface area contributed by atoms with Crippen LogP contribution in [0.2, 0.25) is 5.02 Å². The van der Waals surface area contributed by atoms with Gasteiger partial charge in [0.05, 0.1) is 4.70 Å². The molecule has 0 bridgehead atoms. The fraction of sp³-hybridized carbons (Fsp3) is 0.409. The van der Waals surface area contributed by atoms with Gasteiger partial charge in [0.15, 0.2) is 0 Å². The Bertz CT molecular complexity index is 1040. The van der Waals surface area contributed by atoms with Crippen LogP contribution in [0.1, 0.15) is 18.1 Å². The Balaban J connectivity index is 1.20. The number of hydrogen-bond donors (Lipinski definition) is 2. The molecule has 0 radical (unpaired) electrons. The third-order valence-corrected chi connectivity index (χ3v) is 7.11. The third-order valence-electron chi connectivity index (χ3n) is 5.94. The number of anilines is 2. The molecule has 2 aliphatic heterocycles. The van der Waals surface area contributed by atoms with E-state index in [2.05, 4.69) is 45.4 Å². The molecule has 0 spiro atoms. The summed E-state index contributed by atoms with van der Waals surface area (Å²) in [6, 6.07) is 12.6. The topological polar surface area (TPSA) is 51.6 Å². The minimum Gasteiger partial charge on any atom is -0.371 e. The molecule has 1 saturated heterocycles. The van der Waals surface area contributed by atoms with Crippen molar-refractivity contribution in [1.82, 2.24) is 9.27 Å². The van der Waals surface area contributed by atoms with Crippen molar-refractivity contribution in [3.63, 3.8) is 0 Å². The molecule has 2 aromatic carbocycles. The Morgan fingerprint density at radius 2 is 2.00 bits per heavy atom. The number of halogens is 1. The minimum absolute atomic E-state index is 0.618. The first-order chi connectivity index (χ1) is 14.0. The van der Waals surface area contributed by atoms with E-state index < -0.39 is 5.72 Å². The molecule has 3 heterocycles. The Morgan fingerprint density at radius 3 is 2.83 bits per heavy atom. The van der Waals surface area contributed by atoms with E-state index in [4.69, 9.17) is 16.0 Å². The molecule has 2 N–H and O–H groups in total. The molecule has 0 unspecified atom stereocenters. The molecule has 1 aromatic heterocycles. The maximum atomic E-state index is 10.2. The number of aliphatic hydroxyl groups is 1. The summed E-state index contributed by atoms with van der Waals surface area (Å²) in [6.45, 7) is 6.85. The summed E-state index contributed by atoms with van der Waals surface area (Å²) < 4.78 is 5.95. The summed E-state index contributed by atoms with van der Waals surface area (Å²) in [6.07, 6.45) is 1.54. The Labute approximate surface area is 180 Å². The zero-order valence-electron chi connectivity index (χ0n) is 16.5. The van der Waals surface area contributed by atoms with Crippen LogP contribution < -0.4 is 10.2 Å². The second-order valence-corrected chi connectivity index (χ2v) is 9.47. The van der Waals surface area contributed by atoms with E-state index in [0.29, 0.717) is 6.42 Å². The summed E-state index contributed by atoms with van der Waals surface area (Å²) in [7, 11) is 0. The van der Waals surface area contributed by atoms with Crippen LogP contribution in [0.25, 0.3) is 10.1 Å². The second kappa shape index (κ2) is 7.43. The van der Waals surface area contributed by atoms with E-state index in [0.717, 1.165) is 66.8 Å². The van der Waals surface area contributed by atoms with Crippen LogP contribution in [0, 0.1) is 0 Å². The first-order valence-electron chi connectivity index (χ1n) is 10.1. The molecule has 1 atom stereocenters. The molecule has 5 nitrogen and oxygen atoms in total. The number of piperazine rings is 1. The minimum atomic E-state index is -0.875. The quantitative estimate of drug-likeness (QED) is 0.658. The average molecular weight is 429 g/mol. The van der Waals surface area contributed by atoms with Gasteiger partial charge < -0.3 is 15.3 Å². The normalized spacial score (nSPS) is 22.1. The predicted octanol–water partition coefficient (Wildman–Crippen LogP) is 3.99. The highest BCUT2D eigenvalue weighted by Crippen LogP contribution is 2.35. The lowest BCUT2D eigenvalue weighted by Crippen LogP contribution is -2.47. The zero-order chi connectivity index (χ0) is 20.0. The summed E-state index contributed by atoms with van der Waals surface area (Å²) >= 11 is 8.09. The van der Waals surface area contributed by atoms with Gasteiger partial charge in [-0.25, -0.2) is 0 Å². The van der Waals surface area contributed by atoms with Gasteiger partial charge in [-0.1, -0.05) is 29.8 Å². The second-order valence-electron chi connectivity index (χ2n) is 8.26. The number of hydrogen-bond acceptors (Lipinski definition) is 6. The van der Waals surface area contributed by atoms with E-state index in [1.807, 2.05) is 6.07 Å². The molecule has 1 fully saturated rings. The van der Waals surface area contributed by atoms with Crippen molar-refractivity contribution in [1.29, 1.82) is 0 Å². The molecule has 29 heavy (non-hydrogen) atoms. The highest BCUT2D eigenvalue weighted by molar-refractivity contribution is 7.13. The number of fused-ring (bicyclic) bond motifs is 2. The van der Waals surface area contributed by atoms with E-state index in [1.54, 1.807) is 18.5 Å². The van der Waals surface area contributed by atoms with Gasteiger partial charge in [-0.05, 0) is 54.2 Å². The number of nitrogens with one attached hydrogen (secondary N) is 1. The van der Waals surface area contributed by atoms with Gasteiger partial charge >= 0.3 is 0 Å². The summed E-state index contributed by atoms with van der Waals surface area (Å²) in [5, 5.41) is 15.4. The van der Waals surface area contributed by atoms with Gasteiger partial charge in [0.2, 0.25) is 0 Å². The highest BCUT2D eigenvalue weighted by Gasteiger charge is 2.30. The number of rotatable bonds is 4. The Hall–Kier alpha value is -1.86. The smallest absolute Gasteiger partial charge is 0.150 e. The van der Waals surface area contributed by atoms with Crippen molar-refractivity contribution in [3.05, 3.63) is 52.5 Å². The fourth-order valence-electron chi connectivity index (χ4n) is 4.39. The van der Waals surface area contributed by atoms with Gasteiger partial charge in [0.25, 0.3) is 0 Å². The number of nitrogens with zero attached hydrogens (tertiary/aromatic N) is 3. The van der Waals surface area contributed by atoms with Gasteiger partial charge in [-0.3, -0.25) is 4.90 Å². The monoisotopic (exact) mass is 428 g/mol. The first kappa shape index (κ1) is 19.1. The van der Waals surface area contributed by atoms with E-state index in [1.165, 1.54) is 10.1 Å². The van der Waals surface area contributed by atoms with Crippen LogP contribution in [0.3, 0.4) is 0 Å². The maximum absolute atomic E-state index is 10.2. The molecule has 7 heteroatoms. The van der Waals surface area contributed by atoms with Crippen LogP contribution in [-0.4, -0.2) is 52.8 Å². The van der Waals surface area contributed by atoms with Crippen molar-refractivity contribution in [2.75, 3.05) is 42.9 Å². The van der Waals surface area contributed by atoms with E-state index in [9.17, 15) is 5.11 Å². The molecule has 0 amide bonds. The van der Waals surface area contributed by atoms with Crippen molar-refractivity contribution in [2.45, 2.75) is 25.5 Å². The Kier molecular flexibility index (Phi) is 4.90. The lowest BCUT2D eigenvalue weighted by Gasteiger charge is -2.35. The predicted molar refractivity (Wildman–Crippen MR) is 121 cm³/mol. The fourth-order valence-corrected chi connectivity index (χ4v) is 5.44. The van der Waals surface area contributed by atoms with Crippen molar-refractivity contribution in [2.24, 2.45) is 0 Å². The van der Waals surface area contributed by atoms with Crippen LogP contribution in [0.15, 0.2) is 36.4 Å². The van der Waals surface area contributed by atoms with Crippen molar-refractivity contribution >= 4 is 44.7 Å². The van der Waals surface area contributed by atoms with E-state index >= 15 is 0 Å². The zero-order valence-corrected chi connectivity index (χ0v) is 18.1. The maximum Gasteiger partial charge on any atom is 0.150 e. The third kappa shape index (κ3) is 3.82. The molecule has 3 aromatic rings. The molecular weight excluding hydrogens is 404 g/mol. The lowest BCUT2D eigenvalue weighted by molar-refractivity contribution is 0.0986. The lowest BCUT2D eigenvalue weighted by atomic mass is 10.0. The SMILES string of the molecule is C[C@]1(O)Cc2cc(CCN3CCN(c4nsc5ccccc45)CC3)c(Cl)cc2N1. The summed E-state index contributed by atoms with van der Waals surface area (Å²) in [4.78, 5) is 4.91. The molecular formula is C22H25ClN4OS. The molecule has 0 aliphatic carbocycles. The summed E-state index contributed by atoms with van der Waals surface area (Å²) in [5.74, 6) is 1.13. The molecule has 152 valence electrons. The first-order valence-corrected chi connectivity index (χ1v) is 11.3. The van der Waals surface area contributed by atoms with Crippen LogP contribution in [0.4, 0.5) is 11.5 Å². The van der Waals surface area contributed by atoms with Crippen molar-refractivity contribution in [3.8, 4) is 0 Å². The van der Waals surface area contributed by atoms with Gasteiger partial charge in [0, 0.05) is 55.2 Å². The molecule has 2 aliphatic rings. The van der Waals surface area contributed by atoms with Gasteiger partial charge in [0.1, 0.15) is 11.5 Å². The van der Waals surface area contributed by atoms with E-state index in [-0.39, 0.29) is 0 Å². The standard InChI is InChI=1S/C22H25ClN4OS/c1-22(28)14-16-12-15(18(23)13-19(16)24-22)6-7-26-8-10-27(11-9-26)21-17-4-2-3-5-20(17)29-25-21/h2-5,12-13,24,28H,6-11,14H2,1H3/t22-/m0/s1. The summed E-state index contributed by atoms with van der Waals surface area (Å²) in [5.41, 5.74) is 2.39.